The van der Waals surface area contributed by atoms with Crippen LogP contribution in [0.15, 0.2) is 60.2 Å². The number of benzene rings is 2. The van der Waals surface area contributed by atoms with Crippen molar-refractivity contribution in [3.8, 4) is 0 Å². The van der Waals surface area contributed by atoms with Crippen LogP contribution in [0.1, 0.15) is 60.0 Å². The number of hydrogen-bond donors (Lipinski definition) is 0. The minimum absolute atomic E-state index is 0.303. The second-order valence-corrected chi connectivity index (χ2v) is 7.74. The Bertz CT molecular complexity index is 975. The van der Waals surface area contributed by atoms with E-state index < -0.39 is 11.7 Å². The summed E-state index contributed by atoms with van der Waals surface area (Å²) in [7, 11) is 0. The monoisotopic (exact) mass is 387 g/mol. The topological polar surface area (TPSA) is 54.5 Å². The van der Waals surface area contributed by atoms with Gasteiger partial charge in [0.1, 0.15) is 0 Å². The molecule has 0 unspecified atom stereocenters. The fraction of sp³-hybridized carbons (Fsp3) is 0.320. The summed E-state index contributed by atoms with van der Waals surface area (Å²) in [4.78, 5) is 40.9. The Labute approximate surface area is 171 Å². The number of carbonyl (C=O) groups is 3. The number of fused-ring (bicyclic) bond motifs is 1. The number of ketones is 1. The number of amides is 2. The van der Waals surface area contributed by atoms with Gasteiger partial charge in [-0.2, -0.15) is 0 Å². The zero-order valence-corrected chi connectivity index (χ0v) is 16.5. The summed E-state index contributed by atoms with van der Waals surface area (Å²) in [5.74, 6) is -1.77. The van der Waals surface area contributed by atoms with E-state index in [1.165, 1.54) is 5.56 Å². The van der Waals surface area contributed by atoms with Crippen molar-refractivity contribution in [2.24, 2.45) is 0 Å². The van der Waals surface area contributed by atoms with E-state index in [1.807, 2.05) is 18.2 Å². The molecule has 2 aliphatic carbocycles. The van der Waals surface area contributed by atoms with E-state index in [0.29, 0.717) is 23.2 Å². The molecule has 0 saturated heterocycles. The lowest BCUT2D eigenvalue weighted by Crippen LogP contribution is -2.43. The average Bonchev–Trinajstić information content (AvgIpc) is 2.80. The molecule has 0 radical (unpaired) electrons. The van der Waals surface area contributed by atoms with Gasteiger partial charge < -0.3 is 0 Å². The van der Waals surface area contributed by atoms with Crippen LogP contribution >= 0.6 is 0 Å². The number of Topliss-reactive ketones (excluding diaryl/α,β-unsaturated/α-hetero) is 1. The maximum Gasteiger partial charge on any atom is 0.306 e. The zero-order chi connectivity index (χ0) is 20.2. The summed E-state index contributed by atoms with van der Waals surface area (Å²) < 4.78 is 0. The van der Waals surface area contributed by atoms with E-state index in [4.69, 9.17) is 0 Å². The van der Waals surface area contributed by atoms with Gasteiger partial charge in [-0.25, -0.2) is 4.90 Å². The van der Waals surface area contributed by atoms with Gasteiger partial charge in [-0.1, -0.05) is 48.5 Å². The predicted molar refractivity (Wildman–Crippen MR) is 113 cm³/mol. The highest BCUT2D eigenvalue weighted by atomic mass is 16.2. The van der Waals surface area contributed by atoms with Crippen LogP contribution < -0.4 is 4.90 Å². The SMILES string of the molecule is O=C(C(=O)N(C(=O)C1=CCCCC1)c1cccc2c1CCCC2)c1ccccc1. The molecule has 29 heavy (non-hydrogen) atoms. The lowest BCUT2D eigenvalue weighted by atomic mass is 9.89. The Kier molecular flexibility index (Phi) is 5.70. The molecule has 4 heteroatoms. The normalized spacial score (nSPS) is 15.8. The standard InChI is InChI=1S/C25H25NO3/c27-23(19-11-3-1-4-12-19)25(29)26(24(28)20-13-5-2-6-14-20)22-17-9-15-18-10-7-8-16-21(18)22/h1,3-4,9,11-13,15,17H,2,5-8,10,14,16H2. The molecular weight excluding hydrogens is 362 g/mol. The van der Waals surface area contributed by atoms with Gasteiger partial charge in [0, 0.05) is 11.1 Å². The molecule has 0 aromatic heterocycles. The van der Waals surface area contributed by atoms with Crippen molar-refractivity contribution >= 4 is 23.3 Å². The summed E-state index contributed by atoms with van der Waals surface area (Å²) in [6, 6.07) is 14.2. The fourth-order valence-corrected chi connectivity index (χ4v) is 4.27. The Morgan fingerprint density at radius 3 is 2.28 bits per heavy atom. The van der Waals surface area contributed by atoms with Crippen molar-refractivity contribution in [2.75, 3.05) is 4.90 Å². The van der Waals surface area contributed by atoms with Gasteiger partial charge in [0.15, 0.2) is 0 Å². The average molecular weight is 387 g/mol. The summed E-state index contributed by atoms with van der Waals surface area (Å²) in [5.41, 5.74) is 3.71. The summed E-state index contributed by atoms with van der Waals surface area (Å²) in [5, 5.41) is 0. The highest BCUT2D eigenvalue weighted by Crippen LogP contribution is 2.33. The second-order valence-electron chi connectivity index (χ2n) is 7.74. The fourth-order valence-electron chi connectivity index (χ4n) is 4.27. The summed E-state index contributed by atoms with van der Waals surface area (Å²) in [6.07, 6.45) is 9.28. The van der Waals surface area contributed by atoms with Crippen molar-refractivity contribution in [1.29, 1.82) is 0 Å². The third kappa shape index (κ3) is 3.93. The van der Waals surface area contributed by atoms with E-state index >= 15 is 0 Å². The quantitative estimate of drug-likeness (QED) is 0.559. The Morgan fingerprint density at radius 1 is 0.759 bits per heavy atom. The molecule has 4 rings (SSSR count). The number of hydrogen-bond acceptors (Lipinski definition) is 3. The molecule has 2 aromatic rings. The lowest BCUT2D eigenvalue weighted by molar-refractivity contribution is -0.122. The molecule has 0 heterocycles. The van der Waals surface area contributed by atoms with E-state index in [-0.39, 0.29) is 5.91 Å². The predicted octanol–water partition coefficient (Wildman–Crippen LogP) is 4.81. The van der Waals surface area contributed by atoms with Crippen LogP contribution in [-0.2, 0) is 22.4 Å². The molecule has 0 N–H and O–H groups in total. The molecular formula is C25H25NO3. The van der Waals surface area contributed by atoms with Crippen LogP contribution in [0.25, 0.3) is 0 Å². The van der Waals surface area contributed by atoms with Crippen molar-refractivity contribution in [2.45, 2.75) is 51.4 Å². The number of allylic oxidation sites excluding steroid dienone is 1. The Balaban J connectivity index is 1.78. The zero-order valence-electron chi connectivity index (χ0n) is 16.5. The third-order valence-corrected chi connectivity index (χ3v) is 5.81. The van der Waals surface area contributed by atoms with Crippen LogP contribution in [0.3, 0.4) is 0 Å². The number of aryl methyl sites for hydroxylation is 1. The van der Waals surface area contributed by atoms with E-state index in [1.54, 1.807) is 30.3 Å². The second kappa shape index (κ2) is 8.56. The maximum absolute atomic E-state index is 13.4. The molecule has 2 amide bonds. The minimum atomic E-state index is -0.772. The first-order chi connectivity index (χ1) is 14.2. The van der Waals surface area contributed by atoms with Crippen molar-refractivity contribution in [3.63, 3.8) is 0 Å². The third-order valence-electron chi connectivity index (χ3n) is 5.81. The minimum Gasteiger partial charge on any atom is -0.283 e. The Hall–Kier alpha value is -3.01. The van der Waals surface area contributed by atoms with Gasteiger partial charge in [0.25, 0.3) is 11.7 Å². The van der Waals surface area contributed by atoms with Crippen LogP contribution in [0.2, 0.25) is 0 Å². The number of nitrogens with zero attached hydrogens (tertiary/aromatic N) is 1. The van der Waals surface area contributed by atoms with Gasteiger partial charge in [-0.3, -0.25) is 14.4 Å². The number of anilines is 1. The summed E-state index contributed by atoms with van der Waals surface area (Å²) >= 11 is 0. The smallest absolute Gasteiger partial charge is 0.283 e. The highest BCUT2D eigenvalue weighted by Gasteiger charge is 2.33. The van der Waals surface area contributed by atoms with Crippen molar-refractivity contribution < 1.29 is 14.4 Å². The van der Waals surface area contributed by atoms with E-state index in [2.05, 4.69) is 6.07 Å². The number of carbonyl (C=O) groups excluding carboxylic acids is 3. The van der Waals surface area contributed by atoms with Gasteiger partial charge in [0.05, 0.1) is 5.69 Å². The van der Waals surface area contributed by atoms with Gasteiger partial charge in [0.2, 0.25) is 0 Å². The van der Waals surface area contributed by atoms with Gasteiger partial charge >= 0.3 is 5.91 Å². The van der Waals surface area contributed by atoms with Crippen LogP contribution in [0, 0.1) is 0 Å². The molecule has 4 nitrogen and oxygen atoms in total. The molecule has 148 valence electrons. The first-order valence-electron chi connectivity index (χ1n) is 10.4. The van der Waals surface area contributed by atoms with Crippen LogP contribution in [0.4, 0.5) is 5.69 Å². The highest BCUT2D eigenvalue weighted by molar-refractivity contribution is 6.51. The molecule has 0 spiro atoms. The molecule has 0 bridgehead atoms. The molecule has 0 fully saturated rings. The molecule has 0 atom stereocenters. The van der Waals surface area contributed by atoms with E-state index in [9.17, 15) is 14.4 Å². The maximum atomic E-state index is 13.4. The summed E-state index contributed by atoms with van der Waals surface area (Å²) in [6.45, 7) is 0. The van der Waals surface area contributed by atoms with Crippen LogP contribution in [-0.4, -0.2) is 17.6 Å². The lowest BCUT2D eigenvalue weighted by Gasteiger charge is -2.28. The Morgan fingerprint density at radius 2 is 1.52 bits per heavy atom. The van der Waals surface area contributed by atoms with Crippen molar-refractivity contribution in [3.05, 3.63) is 76.9 Å². The first kappa shape index (κ1) is 19.3. The molecule has 0 aliphatic heterocycles. The molecule has 2 aromatic carbocycles. The largest absolute Gasteiger partial charge is 0.306 e. The van der Waals surface area contributed by atoms with E-state index in [0.717, 1.165) is 55.4 Å². The number of imide groups is 1. The first-order valence-corrected chi connectivity index (χ1v) is 10.4. The molecule has 0 saturated carbocycles. The van der Waals surface area contributed by atoms with Crippen molar-refractivity contribution in [1.82, 2.24) is 0 Å². The van der Waals surface area contributed by atoms with Gasteiger partial charge in [-0.05, 0) is 68.6 Å². The molecule has 2 aliphatic rings. The van der Waals surface area contributed by atoms with Gasteiger partial charge in [-0.15, -0.1) is 0 Å². The number of rotatable bonds is 4. The van der Waals surface area contributed by atoms with Crippen LogP contribution in [0.5, 0.6) is 0 Å².